The van der Waals surface area contributed by atoms with Crippen molar-refractivity contribution >= 4 is 11.8 Å². The summed E-state index contributed by atoms with van der Waals surface area (Å²) in [6.07, 6.45) is 0.748. The topological polar surface area (TPSA) is 46.2 Å². The van der Waals surface area contributed by atoms with Gasteiger partial charge in [-0.1, -0.05) is 0 Å². The van der Waals surface area contributed by atoms with Crippen molar-refractivity contribution in [3.63, 3.8) is 0 Å². The van der Waals surface area contributed by atoms with Crippen LogP contribution in [0.3, 0.4) is 0 Å². The Bertz CT molecular complexity index is 109. The number of nitrogens with one attached hydrogen (secondary N) is 1. The molecule has 0 aromatic heterocycles. The van der Waals surface area contributed by atoms with Crippen molar-refractivity contribution in [1.82, 2.24) is 5.32 Å². The van der Waals surface area contributed by atoms with Gasteiger partial charge in [0.15, 0.2) is 0 Å². The normalized spacial score (nSPS) is 17.5. The van der Waals surface area contributed by atoms with Crippen molar-refractivity contribution in [2.24, 2.45) is 0 Å². The fourth-order valence-electron chi connectivity index (χ4n) is 0.508. The quantitative estimate of drug-likeness (QED) is 0.517. The van der Waals surface area contributed by atoms with Crippen LogP contribution in [0.1, 0.15) is 12.8 Å². The molecule has 0 spiro atoms. The fraction of sp³-hybridized carbons (Fsp3) is 0.500. The molecule has 41 valence electrons. The van der Waals surface area contributed by atoms with Gasteiger partial charge < -0.3 is 0 Å². The Kier molecular flexibility index (Phi) is 3.41. The third kappa shape index (κ3) is 2.01. The Hall–Kier alpha value is 0.244. The minimum atomic E-state index is -0.148. The zero-order valence-corrected chi connectivity index (χ0v) is 7.15. The van der Waals surface area contributed by atoms with E-state index in [0.717, 1.165) is 0 Å². The first-order chi connectivity index (χ1) is 3.29. The molecule has 1 N–H and O–H groups in total. The second-order valence-corrected chi connectivity index (χ2v) is 1.47. The van der Waals surface area contributed by atoms with E-state index < -0.39 is 0 Å². The maximum absolute atomic E-state index is 10.1. The predicted molar refractivity (Wildman–Crippen MR) is 22.4 cm³/mol. The number of hydrogen-bond donors (Lipinski definition) is 1. The molecule has 1 aliphatic heterocycles. The average molecular weight is 188 g/mol. The van der Waals surface area contributed by atoms with Crippen molar-refractivity contribution in [3.8, 4) is 0 Å². The molecule has 2 amide bonds. The molecule has 1 radical (unpaired) electrons. The molecule has 1 heterocycles. The van der Waals surface area contributed by atoms with Crippen LogP contribution in [0, 0.1) is 0 Å². The Morgan fingerprint density at radius 1 is 1.12 bits per heavy atom. The standard InChI is InChI=1S/C4H5NO2.Y/c6-3-1-2-4(7)5-3;/h1-2H2,(H,5,6,7);. The van der Waals surface area contributed by atoms with Gasteiger partial charge in [-0.2, -0.15) is 0 Å². The Labute approximate surface area is 72.1 Å². The van der Waals surface area contributed by atoms with Crippen molar-refractivity contribution in [3.05, 3.63) is 0 Å². The summed E-state index contributed by atoms with van der Waals surface area (Å²) in [5.41, 5.74) is 0. The summed E-state index contributed by atoms with van der Waals surface area (Å²) >= 11 is 0. The van der Waals surface area contributed by atoms with Gasteiger partial charge in [0.2, 0.25) is 11.8 Å². The van der Waals surface area contributed by atoms with Crippen LogP contribution in [0.5, 0.6) is 0 Å². The van der Waals surface area contributed by atoms with Gasteiger partial charge in [0.25, 0.3) is 0 Å². The molecule has 8 heavy (non-hydrogen) atoms. The molecule has 0 aliphatic carbocycles. The fourth-order valence-corrected chi connectivity index (χ4v) is 0.508. The van der Waals surface area contributed by atoms with Crippen LogP contribution >= 0.6 is 0 Å². The van der Waals surface area contributed by atoms with E-state index in [1.54, 1.807) is 0 Å². The summed E-state index contributed by atoms with van der Waals surface area (Å²) in [6.45, 7) is 0. The van der Waals surface area contributed by atoms with Crippen molar-refractivity contribution in [1.29, 1.82) is 0 Å². The van der Waals surface area contributed by atoms with Gasteiger partial charge in [0, 0.05) is 45.6 Å². The Balaban J connectivity index is 0.000000490. The molecule has 1 fully saturated rings. The number of hydrogen-bond acceptors (Lipinski definition) is 2. The predicted octanol–water partition coefficient (Wildman–Crippen LogP) is -0.579. The van der Waals surface area contributed by atoms with E-state index in [9.17, 15) is 9.59 Å². The SMILES string of the molecule is O=C1CCC(=O)N1.[Y]. The van der Waals surface area contributed by atoms with E-state index in [0.29, 0.717) is 12.8 Å². The summed E-state index contributed by atoms with van der Waals surface area (Å²) in [5.74, 6) is -0.296. The van der Waals surface area contributed by atoms with Gasteiger partial charge >= 0.3 is 0 Å². The van der Waals surface area contributed by atoms with Gasteiger partial charge in [0.1, 0.15) is 0 Å². The van der Waals surface area contributed by atoms with Crippen LogP contribution in [0.2, 0.25) is 0 Å². The molecule has 4 heteroatoms. The van der Waals surface area contributed by atoms with Gasteiger partial charge in [-0.25, -0.2) is 0 Å². The van der Waals surface area contributed by atoms with E-state index in [4.69, 9.17) is 0 Å². The van der Waals surface area contributed by atoms with Gasteiger partial charge in [0.05, 0.1) is 0 Å². The second kappa shape index (κ2) is 3.31. The molecular weight excluding hydrogens is 183 g/mol. The first-order valence-electron chi connectivity index (χ1n) is 2.12. The third-order valence-electron chi connectivity index (χ3n) is 0.858. The van der Waals surface area contributed by atoms with E-state index in [1.807, 2.05) is 0 Å². The minimum absolute atomic E-state index is 0. The van der Waals surface area contributed by atoms with E-state index >= 15 is 0 Å². The van der Waals surface area contributed by atoms with Gasteiger partial charge in [-0.15, -0.1) is 0 Å². The van der Waals surface area contributed by atoms with Gasteiger partial charge in [-0.3, -0.25) is 14.9 Å². The summed E-state index contributed by atoms with van der Waals surface area (Å²) in [7, 11) is 0. The first kappa shape index (κ1) is 8.24. The smallest absolute Gasteiger partial charge is 0.227 e. The van der Waals surface area contributed by atoms with Crippen LogP contribution in [0.15, 0.2) is 0 Å². The molecule has 0 aromatic rings. The van der Waals surface area contributed by atoms with Crippen molar-refractivity contribution < 1.29 is 42.3 Å². The number of carbonyl (C=O) groups is 2. The molecule has 1 saturated heterocycles. The first-order valence-corrected chi connectivity index (χ1v) is 2.12. The van der Waals surface area contributed by atoms with Gasteiger partial charge in [-0.05, 0) is 0 Å². The average Bonchev–Trinajstić information content (AvgIpc) is 1.87. The van der Waals surface area contributed by atoms with Crippen LogP contribution in [0.25, 0.3) is 0 Å². The largest absolute Gasteiger partial charge is 0.296 e. The van der Waals surface area contributed by atoms with Crippen molar-refractivity contribution in [2.75, 3.05) is 0 Å². The summed E-state index contributed by atoms with van der Waals surface area (Å²) in [6, 6.07) is 0. The minimum Gasteiger partial charge on any atom is -0.296 e. The second-order valence-electron chi connectivity index (χ2n) is 1.47. The maximum atomic E-state index is 10.1. The molecule has 0 unspecified atom stereocenters. The van der Waals surface area contributed by atoms with E-state index in [1.165, 1.54) is 0 Å². The monoisotopic (exact) mass is 188 g/mol. The Morgan fingerprint density at radius 3 is 1.62 bits per heavy atom. The molecule has 0 atom stereocenters. The number of rotatable bonds is 0. The summed E-state index contributed by atoms with van der Waals surface area (Å²) < 4.78 is 0. The van der Waals surface area contributed by atoms with E-state index in [-0.39, 0.29) is 44.5 Å². The molecule has 0 saturated carbocycles. The third-order valence-corrected chi connectivity index (χ3v) is 0.858. The van der Waals surface area contributed by atoms with Crippen molar-refractivity contribution in [2.45, 2.75) is 12.8 Å². The zero-order chi connectivity index (χ0) is 5.28. The zero-order valence-electron chi connectivity index (χ0n) is 4.31. The van der Waals surface area contributed by atoms with Crippen LogP contribution < -0.4 is 5.32 Å². The Morgan fingerprint density at radius 2 is 1.50 bits per heavy atom. The number of carbonyl (C=O) groups excluding carboxylic acids is 2. The number of amides is 2. The molecule has 0 aromatic carbocycles. The summed E-state index contributed by atoms with van der Waals surface area (Å²) in [4.78, 5) is 20.2. The maximum Gasteiger partial charge on any atom is 0.227 e. The molecule has 1 aliphatic rings. The molecule has 1 rings (SSSR count). The molecule has 0 bridgehead atoms. The van der Waals surface area contributed by atoms with Crippen LogP contribution in [-0.2, 0) is 42.3 Å². The molecular formula is C4H5NO2Y. The van der Waals surface area contributed by atoms with E-state index in [2.05, 4.69) is 5.32 Å². The molecule has 3 nitrogen and oxygen atoms in total. The van der Waals surface area contributed by atoms with Crippen LogP contribution in [0.4, 0.5) is 0 Å². The summed E-state index contributed by atoms with van der Waals surface area (Å²) in [5, 5.41) is 2.14. The number of imide groups is 1. The van der Waals surface area contributed by atoms with Crippen LogP contribution in [-0.4, -0.2) is 11.8 Å².